The summed E-state index contributed by atoms with van der Waals surface area (Å²) in [6.07, 6.45) is 1.67. The number of methoxy groups -OCH3 is 2. The van der Waals surface area contributed by atoms with E-state index in [-0.39, 0.29) is 0 Å². The summed E-state index contributed by atoms with van der Waals surface area (Å²) < 4.78 is 16.1. The van der Waals surface area contributed by atoms with Crippen molar-refractivity contribution in [1.82, 2.24) is 4.98 Å². The van der Waals surface area contributed by atoms with Crippen molar-refractivity contribution >= 4 is 5.82 Å². The number of nitrogens with one attached hydrogen (secondary N) is 1. The van der Waals surface area contributed by atoms with Crippen LogP contribution in [0.3, 0.4) is 0 Å². The minimum atomic E-state index is 0.396. The van der Waals surface area contributed by atoms with E-state index in [0.29, 0.717) is 29.7 Å². The van der Waals surface area contributed by atoms with Crippen LogP contribution in [0.5, 0.6) is 17.2 Å². The van der Waals surface area contributed by atoms with E-state index in [2.05, 4.69) is 10.4 Å². The monoisotopic (exact) mass is 275 g/mol. The number of aromatic nitrogens is 1. The van der Waals surface area contributed by atoms with E-state index in [9.17, 15) is 0 Å². The molecule has 0 spiro atoms. The Labute approximate surface area is 117 Å². The van der Waals surface area contributed by atoms with Crippen molar-refractivity contribution in [3.05, 3.63) is 42.1 Å². The van der Waals surface area contributed by atoms with Crippen LogP contribution in [-0.2, 0) is 6.61 Å². The van der Waals surface area contributed by atoms with E-state index in [0.717, 1.165) is 5.56 Å². The van der Waals surface area contributed by atoms with Gasteiger partial charge < -0.3 is 19.6 Å². The maximum Gasteiger partial charge on any atom is 0.140 e. The third-order valence-corrected chi connectivity index (χ3v) is 2.70. The van der Waals surface area contributed by atoms with Crippen molar-refractivity contribution < 1.29 is 14.2 Å². The summed E-state index contributed by atoms with van der Waals surface area (Å²) in [5.74, 6) is 7.93. The van der Waals surface area contributed by atoms with E-state index < -0.39 is 0 Å². The molecule has 0 amide bonds. The van der Waals surface area contributed by atoms with Gasteiger partial charge in [-0.3, -0.25) is 0 Å². The number of benzene rings is 1. The molecule has 3 N–H and O–H groups in total. The van der Waals surface area contributed by atoms with Gasteiger partial charge in [0, 0.05) is 24.4 Å². The van der Waals surface area contributed by atoms with Gasteiger partial charge in [0.2, 0.25) is 0 Å². The lowest BCUT2D eigenvalue weighted by Crippen LogP contribution is -2.09. The maximum atomic E-state index is 5.72. The highest BCUT2D eigenvalue weighted by Crippen LogP contribution is 2.27. The van der Waals surface area contributed by atoms with E-state index in [4.69, 9.17) is 20.1 Å². The summed E-state index contributed by atoms with van der Waals surface area (Å²) in [5.41, 5.74) is 3.45. The minimum Gasteiger partial charge on any atom is -0.496 e. The van der Waals surface area contributed by atoms with Gasteiger partial charge in [-0.15, -0.1) is 0 Å². The van der Waals surface area contributed by atoms with Crippen LogP contribution < -0.4 is 25.5 Å². The van der Waals surface area contributed by atoms with Crippen molar-refractivity contribution in [1.29, 1.82) is 0 Å². The predicted octanol–water partition coefficient (Wildman–Crippen LogP) is 1.96. The van der Waals surface area contributed by atoms with Crippen molar-refractivity contribution in [3.8, 4) is 17.2 Å². The van der Waals surface area contributed by atoms with Crippen LogP contribution in [0.1, 0.15) is 5.56 Å². The number of nitrogens with zero attached hydrogens (tertiary/aromatic N) is 1. The van der Waals surface area contributed by atoms with E-state index in [1.54, 1.807) is 38.6 Å². The largest absolute Gasteiger partial charge is 0.496 e. The molecule has 0 bridgehead atoms. The highest BCUT2D eigenvalue weighted by Gasteiger charge is 2.04. The van der Waals surface area contributed by atoms with Gasteiger partial charge in [-0.25, -0.2) is 10.8 Å². The highest BCUT2D eigenvalue weighted by atomic mass is 16.5. The van der Waals surface area contributed by atoms with Crippen molar-refractivity contribution in [3.63, 3.8) is 0 Å². The highest BCUT2D eigenvalue weighted by molar-refractivity contribution is 5.42. The third-order valence-electron chi connectivity index (χ3n) is 2.70. The molecule has 0 aliphatic rings. The Balaban J connectivity index is 2.09. The lowest BCUT2D eigenvalue weighted by atomic mass is 10.2. The second kappa shape index (κ2) is 6.63. The van der Waals surface area contributed by atoms with Crippen LogP contribution >= 0.6 is 0 Å². The Morgan fingerprint density at radius 1 is 1.05 bits per heavy atom. The minimum absolute atomic E-state index is 0.396. The fraction of sp³-hybridized carbons (Fsp3) is 0.214. The molecule has 6 heteroatoms. The molecule has 0 fully saturated rings. The molecular weight excluding hydrogens is 258 g/mol. The number of rotatable bonds is 6. The average Bonchev–Trinajstić information content (AvgIpc) is 2.52. The number of hydrazine groups is 1. The molecule has 0 unspecified atom stereocenters. The molecule has 6 nitrogen and oxygen atoms in total. The Morgan fingerprint density at radius 3 is 2.30 bits per heavy atom. The molecule has 2 aromatic rings. The molecule has 0 saturated carbocycles. The van der Waals surface area contributed by atoms with Gasteiger partial charge in [0.25, 0.3) is 0 Å². The molecule has 20 heavy (non-hydrogen) atoms. The first-order valence-corrected chi connectivity index (χ1v) is 6.02. The number of pyridine rings is 1. The molecular formula is C14H17N3O3. The zero-order valence-corrected chi connectivity index (χ0v) is 11.4. The van der Waals surface area contributed by atoms with Crippen molar-refractivity contribution in [2.75, 3.05) is 19.6 Å². The van der Waals surface area contributed by atoms with Gasteiger partial charge >= 0.3 is 0 Å². The molecule has 0 radical (unpaired) electrons. The Hall–Kier alpha value is -2.47. The zero-order chi connectivity index (χ0) is 14.4. The molecule has 106 valence electrons. The second-order valence-electron chi connectivity index (χ2n) is 4.03. The van der Waals surface area contributed by atoms with Crippen LogP contribution in [-0.4, -0.2) is 19.2 Å². The first-order chi connectivity index (χ1) is 9.75. The molecule has 0 atom stereocenters. The average molecular weight is 275 g/mol. The number of hydrogen-bond donors (Lipinski definition) is 2. The van der Waals surface area contributed by atoms with Crippen LogP contribution in [0.2, 0.25) is 0 Å². The predicted molar refractivity (Wildman–Crippen MR) is 75.9 cm³/mol. The first kappa shape index (κ1) is 14.0. The number of ether oxygens (including phenoxy) is 3. The van der Waals surface area contributed by atoms with E-state index >= 15 is 0 Å². The van der Waals surface area contributed by atoms with Crippen LogP contribution in [0.25, 0.3) is 0 Å². The van der Waals surface area contributed by atoms with Crippen LogP contribution in [0, 0.1) is 0 Å². The van der Waals surface area contributed by atoms with Gasteiger partial charge in [-0.05, 0) is 17.7 Å². The smallest absolute Gasteiger partial charge is 0.140 e. The Bertz CT molecular complexity index is 553. The lowest BCUT2D eigenvalue weighted by Gasteiger charge is -2.10. The maximum absolute atomic E-state index is 5.72. The molecule has 1 aromatic carbocycles. The van der Waals surface area contributed by atoms with Crippen LogP contribution in [0.4, 0.5) is 5.82 Å². The molecule has 0 aliphatic heterocycles. The van der Waals surface area contributed by atoms with Gasteiger partial charge in [0.1, 0.15) is 29.7 Å². The molecule has 0 saturated heterocycles. The Kier molecular flexibility index (Phi) is 4.62. The molecule has 2 rings (SSSR count). The number of anilines is 1. The molecule has 0 aliphatic carbocycles. The number of nitrogen functional groups attached to an aromatic ring is 1. The summed E-state index contributed by atoms with van der Waals surface area (Å²) in [4.78, 5) is 4.04. The number of nitrogens with two attached hydrogens (primary N) is 1. The fourth-order valence-electron chi connectivity index (χ4n) is 1.67. The van der Waals surface area contributed by atoms with Gasteiger partial charge in [0.05, 0.1) is 14.2 Å². The van der Waals surface area contributed by atoms with E-state index in [1.165, 1.54) is 0 Å². The summed E-state index contributed by atoms with van der Waals surface area (Å²) in [6, 6.07) is 9.06. The van der Waals surface area contributed by atoms with Gasteiger partial charge in [-0.2, -0.15) is 0 Å². The lowest BCUT2D eigenvalue weighted by molar-refractivity contribution is 0.300. The van der Waals surface area contributed by atoms with E-state index in [1.807, 2.05) is 12.1 Å². The summed E-state index contributed by atoms with van der Waals surface area (Å²) in [5, 5.41) is 0. The van der Waals surface area contributed by atoms with Gasteiger partial charge in [0.15, 0.2) is 0 Å². The fourth-order valence-corrected chi connectivity index (χ4v) is 1.67. The third kappa shape index (κ3) is 3.52. The van der Waals surface area contributed by atoms with Crippen molar-refractivity contribution in [2.45, 2.75) is 6.61 Å². The molecule has 1 heterocycles. The quantitative estimate of drug-likeness (QED) is 0.620. The molecule has 1 aromatic heterocycles. The summed E-state index contributed by atoms with van der Waals surface area (Å²) >= 11 is 0. The summed E-state index contributed by atoms with van der Waals surface area (Å²) in [7, 11) is 3.20. The first-order valence-electron chi connectivity index (χ1n) is 6.02. The SMILES string of the molecule is COc1cc(OC)cc(OCc2ccnc(NN)c2)c1. The second-order valence-corrected chi connectivity index (χ2v) is 4.03. The normalized spacial score (nSPS) is 9.95. The van der Waals surface area contributed by atoms with Crippen LogP contribution in [0.15, 0.2) is 36.5 Å². The summed E-state index contributed by atoms with van der Waals surface area (Å²) in [6.45, 7) is 0.396. The van der Waals surface area contributed by atoms with Gasteiger partial charge in [-0.1, -0.05) is 0 Å². The topological polar surface area (TPSA) is 78.6 Å². The zero-order valence-electron chi connectivity index (χ0n) is 11.4. The standard InChI is InChI=1S/C14H17N3O3/c1-18-11-6-12(19-2)8-13(7-11)20-9-10-3-4-16-14(5-10)17-15/h3-8H,9,15H2,1-2H3,(H,16,17). The number of hydrogen-bond acceptors (Lipinski definition) is 6. The van der Waals surface area contributed by atoms with Crippen molar-refractivity contribution in [2.24, 2.45) is 5.84 Å². The Morgan fingerprint density at radius 2 is 1.70 bits per heavy atom.